The molecule has 2 rings (SSSR count). The number of aromatic nitrogens is 1. The molecule has 0 saturated carbocycles. The maximum Gasteiger partial charge on any atom is 0.191 e. The van der Waals surface area contributed by atoms with Gasteiger partial charge in [-0.3, -0.25) is 9.98 Å². The van der Waals surface area contributed by atoms with Crippen LogP contribution in [0.4, 0.5) is 0 Å². The van der Waals surface area contributed by atoms with Crippen molar-refractivity contribution in [2.75, 3.05) is 26.8 Å². The molecule has 0 aromatic carbocycles. The lowest BCUT2D eigenvalue weighted by Crippen LogP contribution is -2.37. The molecule has 1 aliphatic heterocycles. The van der Waals surface area contributed by atoms with Crippen molar-refractivity contribution in [3.63, 3.8) is 0 Å². The monoisotopic (exact) mass is 402 g/mol. The lowest BCUT2D eigenvalue weighted by molar-refractivity contribution is 0.153. The van der Waals surface area contributed by atoms with E-state index < -0.39 is 0 Å². The van der Waals surface area contributed by atoms with Crippen LogP contribution in [0, 0.1) is 0 Å². The molecular formula is C15H23IN4O. The molecule has 0 bridgehead atoms. The van der Waals surface area contributed by atoms with Crippen LogP contribution in [0.3, 0.4) is 0 Å². The van der Waals surface area contributed by atoms with Crippen LogP contribution in [0.2, 0.25) is 0 Å². The Balaban J connectivity index is 0.00000220. The van der Waals surface area contributed by atoms with E-state index in [1.807, 2.05) is 18.2 Å². The number of ether oxygens (including phenoxy) is 1. The van der Waals surface area contributed by atoms with Gasteiger partial charge in [0, 0.05) is 19.8 Å². The molecule has 1 aliphatic rings. The SMILES string of the molecule is CN=C(NCCC1=CCOCC1)NCc1ccccn1.I. The molecule has 5 nitrogen and oxygen atoms in total. The quantitative estimate of drug-likeness (QED) is 0.343. The Morgan fingerprint density at radius 3 is 2.95 bits per heavy atom. The molecule has 116 valence electrons. The molecule has 6 heteroatoms. The molecule has 0 radical (unpaired) electrons. The number of halogens is 1. The van der Waals surface area contributed by atoms with Gasteiger partial charge >= 0.3 is 0 Å². The summed E-state index contributed by atoms with van der Waals surface area (Å²) in [5, 5.41) is 6.57. The number of nitrogens with zero attached hydrogens (tertiary/aromatic N) is 2. The summed E-state index contributed by atoms with van der Waals surface area (Å²) in [6.45, 7) is 3.16. The Kier molecular flexibility index (Phi) is 9.00. The van der Waals surface area contributed by atoms with Gasteiger partial charge in [0.25, 0.3) is 0 Å². The van der Waals surface area contributed by atoms with E-state index in [4.69, 9.17) is 4.74 Å². The van der Waals surface area contributed by atoms with Crippen LogP contribution >= 0.6 is 24.0 Å². The third-order valence-corrected chi connectivity index (χ3v) is 3.18. The van der Waals surface area contributed by atoms with Gasteiger partial charge in [-0.2, -0.15) is 0 Å². The summed E-state index contributed by atoms with van der Waals surface area (Å²) in [5.41, 5.74) is 2.46. The number of hydrogen-bond acceptors (Lipinski definition) is 3. The molecule has 0 unspecified atom stereocenters. The zero-order chi connectivity index (χ0) is 14.0. The fourth-order valence-electron chi connectivity index (χ4n) is 2.03. The highest BCUT2D eigenvalue weighted by molar-refractivity contribution is 14.0. The molecule has 2 N–H and O–H groups in total. The van der Waals surface area contributed by atoms with Gasteiger partial charge in [0.2, 0.25) is 0 Å². The topological polar surface area (TPSA) is 58.5 Å². The number of hydrogen-bond donors (Lipinski definition) is 2. The minimum atomic E-state index is 0. The Morgan fingerprint density at radius 1 is 1.38 bits per heavy atom. The summed E-state index contributed by atoms with van der Waals surface area (Å²) in [4.78, 5) is 8.48. The van der Waals surface area contributed by atoms with E-state index in [-0.39, 0.29) is 24.0 Å². The smallest absolute Gasteiger partial charge is 0.191 e. The van der Waals surface area contributed by atoms with E-state index in [1.165, 1.54) is 5.57 Å². The summed E-state index contributed by atoms with van der Waals surface area (Å²) in [6, 6.07) is 5.89. The number of aliphatic imine (C=N–C) groups is 1. The van der Waals surface area contributed by atoms with Gasteiger partial charge in [-0.05, 0) is 25.0 Å². The van der Waals surface area contributed by atoms with E-state index >= 15 is 0 Å². The van der Waals surface area contributed by atoms with Crippen LogP contribution in [0.1, 0.15) is 18.5 Å². The van der Waals surface area contributed by atoms with Crippen molar-refractivity contribution in [1.82, 2.24) is 15.6 Å². The standard InChI is InChI=1S/C15H22N4O.HI/c1-16-15(19-12-14-4-2-3-8-17-14)18-9-5-13-6-10-20-11-7-13;/h2-4,6,8H,5,7,9-12H2,1H3,(H2,16,18,19);1H. The van der Waals surface area contributed by atoms with Crippen LogP contribution in [0.15, 0.2) is 41.0 Å². The number of guanidine groups is 1. The molecule has 2 heterocycles. The molecule has 0 amide bonds. The van der Waals surface area contributed by atoms with E-state index in [1.54, 1.807) is 13.2 Å². The molecule has 0 fully saturated rings. The van der Waals surface area contributed by atoms with Crippen molar-refractivity contribution < 1.29 is 4.74 Å². The first-order chi connectivity index (χ1) is 9.88. The second-order valence-electron chi connectivity index (χ2n) is 4.61. The van der Waals surface area contributed by atoms with Crippen LogP contribution in [-0.2, 0) is 11.3 Å². The van der Waals surface area contributed by atoms with Crippen molar-refractivity contribution in [2.24, 2.45) is 4.99 Å². The number of pyridine rings is 1. The zero-order valence-electron chi connectivity index (χ0n) is 12.3. The maximum absolute atomic E-state index is 5.30. The van der Waals surface area contributed by atoms with Crippen LogP contribution < -0.4 is 10.6 Å². The van der Waals surface area contributed by atoms with Crippen molar-refractivity contribution in [1.29, 1.82) is 0 Å². The second-order valence-corrected chi connectivity index (χ2v) is 4.61. The third-order valence-electron chi connectivity index (χ3n) is 3.18. The van der Waals surface area contributed by atoms with Gasteiger partial charge in [0.1, 0.15) is 0 Å². The minimum absolute atomic E-state index is 0. The minimum Gasteiger partial charge on any atom is -0.377 e. The van der Waals surface area contributed by atoms with E-state index in [2.05, 4.69) is 26.7 Å². The van der Waals surface area contributed by atoms with Crippen LogP contribution in [-0.4, -0.2) is 37.7 Å². The average Bonchev–Trinajstić information content (AvgIpc) is 2.52. The van der Waals surface area contributed by atoms with Gasteiger partial charge < -0.3 is 15.4 Å². The molecule has 0 saturated heterocycles. The van der Waals surface area contributed by atoms with E-state index in [0.29, 0.717) is 6.54 Å². The highest BCUT2D eigenvalue weighted by atomic mass is 127. The summed E-state index contributed by atoms with van der Waals surface area (Å²) in [5.74, 6) is 0.809. The Labute approximate surface area is 143 Å². The summed E-state index contributed by atoms with van der Waals surface area (Å²) < 4.78 is 5.30. The molecular weight excluding hydrogens is 379 g/mol. The average molecular weight is 402 g/mol. The number of rotatable bonds is 5. The zero-order valence-corrected chi connectivity index (χ0v) is 14.7. The highest BCUT2D eigenvalue weighted by Gasteiger charge is 2.04. The Hall–Kier alpha value is -1.15. The molecule has 1 aromatic heterocycles. The van der Waals surface area contributed by atoms with E-state index in [9.17, 15) is 0 Å². The van der Waals surface area contributed by atoms with Crippen molar-refractivity contribution >= 4 is 29.9 Å². The Bertz CT molecular complexity index is 462. The molecule has 0 aliphatic carbocycles. The highest BCUT2D eigenvalue weighted by Crippen LogP contribution is 2.10. The van der Waals surface area contributed by atoms with Crippen molar-refractivity contribution in [3.8, 4) is 0 Å². The lowest BCUT2D eigenvalue weighted by Gasteiger charge is -2.15. The van der Waals surface area contributed by atoms with Crippen LogP contribution in [0.25, 0.3) is 0 Å². The van der Waals surface area contributed by atoms with Crippen molar-refractivity contribution in [3.05, 3.63) is 41.7 Å². The third kappa shape index (κ3) is 6.90. The summed E-state index contributed by atoms with van der Waals surface area (Å²) in [7, 11) is 1.78. The largest absolute Gasteiger partial charge is 0.377 e. The molecule has 0 spiro atoms. The lowest BCUT2D eigenvalue weighted by atomic mass is 10.1. The number of nitrogens with one attached hydrogen (secondary N) is 2. The van der Waals surface area contributed by atoms with Gasteiger partial charge in [-0.1, -0.05) is 17.7 Å². The van der Waals surface area contributed by atoms with Gasteiger partial charge in [-0.15, -0.1) is 24.0 Å². The van der Waals surface area contributed by atoms with Crippen LogP contribution in [0.5, 0.6) is 0 Å². The first kappa shape index (κ1) is 17.9. The van der Waals surface area contributed by atoms with Crippen molar-refractivity contribution in [2.45, 2.75) is 19.4 Å². The first-order valence-electron chi connectivity index (χ1n) is 6.98. The molecule has 0 atom stereocenters. The van der Waals surface area contributed by atoms with Gasteiger partial charge in [-0.25, -0.2) is 0 Å². The molecule has 1 aromatic rings. The maximum atomic E-state index is 5.30. The van der Waals surface area contributed by atoms with E-state index in [0.717, 1.165) is 44.3 Å². The fourth-order valence-corrected chi connectivity index (χ4v) is 2.03. The summed E-state index contributed by atoms with van der Waals surface area (Å²) in [6.07, 6.45) is 6.05. The summed E-state index contributed by atoms with van der Waals surface area (Å²) >= 11 is 0. The first-order valence-corrected chi connectivity index (χ1v) is 6.98. The predicted octanol–water partition coefficient (Wildman–Crippen LogP) is 2.10. The normalized spacial score (nSPS) is 14.9. The van der Waals surface area contributed by atoms with Gasteiger partial charge in [0.05, 0.1) is 25.5 Å². The predicted molar refractivity (Wildman–Crippen MR) is 96.0 cm³/mol. The fraction of sp³-hybridized carbons (Fsp3) is 0.467. The Morgan fingerprint density at radius 2 is 2.29 bits per heavy atom. The van der Waals surface area contributed by atoms with Gasteiger partial charge in [0.15, 0.2) is 5.96 Å². The molecule has 21 heavy (non-hydrogen) atoms. The second kappa shape index (κ2) is 10.6.